The molecule has 0 atom stereocenters. The fourth-order valence-electron chi connectivity index (χ4n) is 1.63. The molecule has 0 radical (unpaired) electrons. The normalized spacial score (nSPS) is 12.1. The smallest absolute Gasteiger partial charge is 0.368 e. The Morgan fingerprint density at radius 2 is 1.67 bits per heavy atom. The lowest BCUT2D eigenvalue weighted by molar-refractivity contribution is -0.131. The average Bonchev–Trinajstić information content (AvgIpc) is 2.51. The largest absolute Gasteiger partial charge is 0.493 e. The van der Waals surface area contributed by atoms with E-state index in [1.165, 1.54) is 20.3 Å². The van der Waals surface area contributed by atoms with Crippen LogP contribution in [-0.4, -0.2) is 39.5 Å². The summed E-state index contributed by atoms with van der Waals surface area (Å²) in [4.78, 5) is 11.3. The Hall–Kier alpha value is -1.82. The van der Waals surface area contributed by atoms with Crippen LogP contribution < -0.4 is 9.47 Å². The molecule has 0 saturated heterocycles. The van der Waals surface area contributed by atoms with Gasteiger partial charge in [-0.15, -0.1) is 0 Å². The van der Waals surface area contributed by atoms with Gasteiger partial charge in [-0.1, -0.05) is 6.07 Å². The minimum atomic E-state index is -3.87. The molecule has 0 bridgehead atoms. The molecule has 0 spiro atoms. The maximum absolute atomic E-state index is 12.2. The number of aliphatic carboxylic acids is 1. The van der Waals surface area contributed by atoms with E-state index in [9.17, 15) is 14.5 Å². The van der Waals surface area contributed by atoms with Gasteiger partial charge in [0.25, 0.3) is 0 Å². The van der Waals surface area contributed by atoms with E-state index in [1.807, 2.05) is 0 Å². The van der Waals surface area contributed by atoms with Gasteiger partial charge in [0.15, 0.2) is 11.5 Å². The number of rotatable bonds is 7. The summed E-state index contributed by atoms with van der Waals surface area (Å²) < 4.78 is 31.9. The Balaban J connectivity index is 3.36. The molecule has 0 fully saturated rings. The van der Waals surface area contributed by atoms with Crippen molar-refractivity contribution in [1.82, 2.24) is 0 Å². The van der Waals surface area contributed by atoms with E-state index in [1.54, 1.807) is 18.2 Å². The van der Waals surface area contributed by atoms with Gasteiger partial charge < -0.3 is 23.6 Å². The Kier molecular flexibility index (Phi) is 5.96. The zero-order chi connectivity index (χ0) is 16.0. The summed E-state index contributed by atoms with van der Waals surface area (Å²) in [5.74, 6) is -0.481. The lowest BCUT2D eigenvalue weighted by Crippen LogP contribution is -2.04. The monoisotopic (exact) mass is 316 g/mol. The molecule has 0 aliphatic rings. The average molecular weight is 316 g/mol. The molecule has 1 rings (SSSR count). The molecular weight excluding hydrogens is 299 g/mol. The van der Waals surface area contributed by atoms with E-state index in [-0.39, 0.29) is 0 Å². The third-order valence-corrected chi connectivity index (χ3v) is 4.58. The Bertz CT molecular complexity index is 586. The lowest BCUT2D eigenvalue weighted by atomic mass is 10.2. The van der Waals surface area contributed by atoms with E-state index in [4.69, 9.17) is 18.5 Å². The van der Waals surface area contributed by atoms with Crippen molar-refractivity contribution in [3.05, 3.63) is 29.1 Å². The van der Waals surface area contributed by atoms with Gasteiger partial charge in [0, 0.05) is 14.2 Å². The van der Waals surface area contributed by atoms with Crippen LogP contribution in [0.3, 0.4) is 0 Å². The predicted octanol–water partition coefficient (Wildman–Crippen LogP) is 2.62. The molecule has 8 heteroatoms. The summed E-state index contributed by atoms with van der Waals surface area (Å²) in [5, 5.41) is 8.73. The fraction of sp³-hybridized carbons (Fsp3) is 0.308. The highest BCUT2D eigenvalue weighted by Gasteiger charge is 2.33. The van der Waals surface area contributed by atoms with Crippen molar-refractivity contribution < 1.29 is 33.0 Å². The topological polar surface area (TPSA) is 91.3 Å². The SMILES string of the molecule is COc1ccc(C=C(C(=O)O)P(=O)(OC)OC)cc1OC. The van der Waals surface area contributed by atoms with E-state index >= 15 is 0 Å². The van der Waals surface area contributed by atoms with Crippen LogP contribution in [0.2, 0.25) is 0 Å². The molecule has 116 valence electrons. The first-order chi connectivity index (χ1) is 9.91. The van der Waals surface area contributed by atoms with E-state index in [0.29, 0.717) is 17.1 Å². The number of hydrogen-bond acceptors (Lipinski definition) is 6. The molecular formula is C13H17O7P. The Morgan fingerprint density at radius 3 is 2.10 bits per heavy atom. The van der Waals surface area contributed by atoms with Gasteiger partial charge in [0.1, 0.15) is 5.31 Å². The zero-order valence-electron chi connectivity index (χ0n) is 12.2. The number of ether oxygens (including phenoxy) is 2. The molecule has 0 saturated carbocycles. The van der Waals surface area contributed by atoms with Crippen LogP contribution >= 0.6 is 7.60 Å². The highest BCUT2D eigenvalue weighted by molar-refractivity contribution is 7.60. The third kappa shape index (κ3) is 3.85. The molecule has 0 unspecified atom stereocenters. The molecule has 0 aliphatic heterocycles. The van der Waals surface area contributed by atoms with Crippen LogP contribution in [0, 0.1) is 0 Å². The number of hydrogen-bond donors (Lipinski definition) is 1. The first kappa shape index (κ1) is 17.2. The van der Waals surface area contributed by atoms with Crippen molar-refractivity contribution in [3.8, 4) is 11.5 Å². The Labute approximate surface area is 122 Å². The van der Waals surface area contributed by atoms with Crippen molar-refractivity contribution >= 4 is 19.6 Å². The second-order valence-corrected chi connectivity index (χ2v) is 6.02. The fourth-order valence-corrected chi connectivity index (χ4v) is 2.71. The van der Waals surface area contributed by atoms with E-state index in [2.05, 4.69) is 0 Å². The second kappa shape index (κ2) is 7.26. The van der Waals surface area contributed by atoms with Gasteiger partial charge in [-0.3, -0.25) is 4.57 Å². The summed E-state index contributed by atoms with van der Waals surface area (Å²) in [7, 11) is 1.32. The number of carbonyl (C=O) groups is 1. The summed E-state index contributed by atoms with van der Waals surface area (Å²) in [6.07, 6.45) is 1.21. The van der Waals surface area contributed by atoms with Gasteiger partial charge >= 0.3 is 13.6 Å². The molecule has 1 aromatic carbocycles. The first-order valence-electron chi connectivity index (χ1n) is 5.81. The first-order valence-corrected chi connectivity index (χ1v) is 7.35. The van der Waals surface area contributed by atoms with Gasteiger partial charge in [-0.2, -0.15) is 0 Å². The molecule has 0 aliphatic carbocycles. The molecule has 7 nitrogen and oxygen atoms in total. The van der Waals surface area contributed by atoms with Crippen molar-refractivity contribution in [1.29, 1.82) is 0 Å². The number of carboxylic acids is 1. The third-order valence-electron chi connectivity index (χ3n) is 2.71. The van der Waals surface area contributed by atoms with E-state index in [0.717, 1.165) is 14.2 Å². The highest BCUT2D eigenvalue weighted by atomic mass is 31.2. The predicted molar refractivity (Wildman–Crippen MR) is 76.8 cm³/mol. The second-order valence-electron chi connectivity index (χ2n) is 3.81. The summed E-state index contributed by atoms with van der Waals surface area (Å²) in [6, 6.07) is 4.76. The Morgan fingerprint density at radius 1 is 1.10 bits per heavy atom. The number of methoxy groups -OCH3 is 2. The van der Waals surface area contributed by atoms with Crippen molar-refractivity contribution in [2.75, 3.05) is 28.4 Å². The number of carboxylic acid groups (broad SMARTS) is 1. The van der Waals surface area contributed by atoms with Gasteiger partial charge in [0.2, 0.25) is 0 Å². The van der Waals surface area contributed by atoms with Crippen LogP contribution in [-0.2, 0) is 18.4 Å². The molecule has 0 heterocycles. The molecule has 0 amide bonds. The van der Waals surface area contributed by atoms with E-state index < -0.39 is 18.9 Å². The van der Waals surface area contributed by atoms with Crippen molar-refractivity contribution in [2.24, 2.45) is 0 Å². The standard InChI is InChI=1S/C13H17O7P/c1-17-10-6-5-9(7-11(10)18-2)8-12(13(14)15)21(16,19-3)20-4/h5-8H,1-4H3,(H,14,15). The minimum Gasteiger partial charge on any atom is -0.493 e. The molecule has 21 heavy (non-hydrogen) atoms. The summed E-state index contributed by atoms with van der Waals surface area (Å²) in [6.45, 7) is 0. The van der Waals surface area contributed by atoms with Crippen LogP contribution in [0.1, 0.15) is 5.56 Å². The molecule has 1 aromatic rings. The van der Waals surface area contributed by atoms with Crippen molar-refractivity contribution in [2.45, 2.75) is 0 Å². The number of benzene rings is 1. The summed E-state index contributed by atoms with van der Waals surface area (Å²) >= 11 is 0. The quantitative estimate of drug-likeness (QED) is 0.610. The maximum Gasteiger partial charge on any atom is 0.368 e. The van der Waals surface area contributed by atoms with Gasteiger partial charge in [-0.25, -0.2) is 4.79 Å². The molecule has 0 aromatic heterocycles. The van der Waals surface area contributed by atoms with Crippen LogP contribution in [0.15, 0.2) is 23.5 Å². The van der Waals surface area contributed by atoms with Gasteiger partial charge in [0.05, 0.1) is 14.2 Å². The van der Waals surface area contributed by atoms with Crippen LogP contribution in [0.25, 0.3) is 6.08 Å². The van der Waals surface area contributed by atoms with Crippen molar-refractivity contribution in [3.63, 3.8) is 0 Å². The zero-order valence-corrected chi connectivity index (χ0v) is 13.0. The van der Waals surface area contributed by atoms with Crippen LogP contribution in [0.5, 0.6) is 11.5 Å². The van der Waals surface area contributed by atoms with Crippen LogP contribution in [0.4, 0.5) is 0 Å². The maximum atomic E-state index is 12.2. The summed E-state index contributed by atoms with van der Waals surface area (Å²) in [5.41, 5.74) is 0.458. The lowest BCUT2D eigenvalue weighted by Gasteiger charge is -2.14. The molecule has 1 N–H and O–H groups in total. The minimum absolute atomic E-state index is 0.417. The highest BCUT2D eigenvalue weighted by Crippen LogP contribution is 2.55. The van der Waals surface area contributed by atoms with Gasteiger partial charge in [-0.05, 0) is 23.8 Å².